The molecule has 0 radical (unpaired) electrons. The molecule has 2 aromatic carbocycles. The van der Waals surface area contributed by atoms with Crippen molar-refractivity contribution in [3.8, 4) is 5.75 Å². The number of ether oxygens (including phenoxy) is 1. The fourth-order valence-corrected chi connectivity index (χ4v) is 5.49. The van der Waals surface area contributed by atoms with Crippen LogP contribution in [0.15, 0.2) is 36.4 Å². The molecule has 1 saturated heterocycles. The van der Waals surface area contributed by atoms with E-state index in [0.29, 0.717) is 12.2 Å². The zero-order valence-electron chi connectivity index (χ0n) is 17.2. The van der Waals surface area contributed by atoms with E-state index in [9.17, 15) is 17.6 Å². The summed E-state index contributed by atoms with van der Waals surface area (Å²) in [5.41, 5.74) is 2.30. The highest BCUT2D eigenvalue weighted by molar-refractivity contribution is 7.91. The summed E-state index contributed by atoms with van der Waals surface area (Å²) >= 11 is 6.16. The molecule has 2 unspecified atom stereocenters. The van der Waals surface area contributed by atoms with Crippen LogP contribution >= 0.6 is 11.6 Å². The number of carbonyl (C=O) groups excluding carboxylic acids is 1. The standard InChI is InChI=1S/C22H25ClFNO4S/c1-14-7-8-18(11-15(14)2)29-16(3)22(26)25(17-9-10-30(27,28)13-17)12-19-20(23)5-4-6-21(19)24/h4-8,11,16-17H,9-10,12-13H2,1-3H3. The molecule has 0 aliphatic carbocycles. The molecule has 3 rings (SSSR count). The van der Waals surface area contributed by atoms with Crippen LogP contribution in [-0.2, 0) is 21.2 Å². The fourth-order valence-electron chi connectivity index (χ4n) is 3.54. The average Bonchev–Trinajstić information content (AvgIpc) is 3.03. The van der Waals surface area contributed by atoms with Crippen LogP contribution in [0.2, 0.25) is 5.02 Å². The molecule has 1 amide bonds. The van der Waals surface area contributed by atoms with E-state index in [2.05, 4.69) is 0 Å². The number of aryl methyl sites for hydroxylation is 2. The Morgan fingerprint density at radius 3 is 2.60 bits per heavy atom. The summed E-state index contributed by atoms with van der Waals surface area (Å²) in [7, 11) is -3.24. The van der Waals surface area contributed by atoms with Gasteiger partial charge in [-0.25, -0.2) is 12.8 Å². The third-order valence-corrected chi connectivity index (χ3v) is 7.57. The Morgan fingerprint density at radius 2 is 2.00 bits per heavy atom. The third kappa shape index (κ3) is 5.13. The molecule has 0 N–H and O–H groups in total. The van der Waals surface area contributed by atoms with E-state index in [4.69, 9.17) is 16.3 Å². The molecule has 30 heavy (non-hydrogen) atoms. The number of hydrogen-bond donors (Lipinski definition) is 0. The average molecular weight is 454 g/mol. The second-order valence-corrected chi connectivity index (χ2v) is 10.4. The van der Waals surface area contributed by atoms with Gasteiger partial charge in [-0.1, -0.05) is 23.7 Å². The molecular weight excluding hydrogens is 429 g/mol. The Labute approximate surface area is 181 Å². The lowest BCUT2D eigenvalue weighted by atomic mass is 10.1. The first kappa shape index (κ1) is 22.6. The van der Waals surface area contributed by atoms with Gasteiger partial charge in [0.05, 0.1) is 18.1 Å². The number of rotatable bonds is 6. The van der Waals surface area contributed by atoms with E-state index in [1.165, 1.54) is 17.0 Å². The van der Waals surface area contributed by atoms with Gasteiger partial charge in [-0.3, -0.25) is 4.79 Å². The largest absolute Gasteiger partial charge is 0.481 e. The van der Waals surface area contributed by atoms with E-state index in [1.807, 2.05) is 26.0 Å². The monoisotopic (exact) mass is 453 g/mol. The van der Waals surface area contributed by atoms with Gasteiger partial charge in [-0.05, 0) is 62.6 Å². The minimum absolute atomic E-state index is 0.00115. The molecule has 1 aliphatic heterocycles. The molecule has 0 spiro atoms. The van der Waals surface area contributed by atoms with Crippen LogP contribution in [0.1, 0.15) is 30.0 Å². The molecule has 0 bridgehead atoms. The van der Waals surface area contributed by atoms with Crippen molar-refractivity contribution in [3.63, 3.8) is 0 Å². The Morgan fingerprint density at radius 1 is 1.27 bits per heavy atom. The fraction of sp³-hybridized carbons (Fsp3) is 0.409. The maximum absolute atomic E-state index is 14.4. The first-order valence-corrected chi connectivity index (χ1v) is 11.9. The van der Waals surface area contributed by atoms with Gasteiger partial charge >= 0.3 is 0 Å². The van der Waals surface area contributed by atoms with E-state index in [0.717, 1.165) is 11.1 Å². The molecule has 2 atom stereocenters. The quantitative estimate of drug-likeness (QED) is 0.661. The maximum atomic E-state index is 14.4. The summed E-state index contributed by atoms with van der Waals surface area (Å²) in [5, 5.41) is 0.191. The Balaban J connectivity index is 1.86. The van der Waals surface area contributed by atoms with Crippen molar-refractivity contribution in [2.24, 2.45) is 0 Å². The minimum Gasteiger partial charge on any atom is -0.481 e. The van der Waals surface area contributed by atoms with E-state index < -0.39 is 33.7 Å². The number of nitrogens with zero attached hydrogens (tertiary/aromatic N) is 1. The van der Waals surface area contributed by atoms with Crippen molar-refractivity contribution in [2.75, 3.05) is 11.5 Å². The number of hydrogen-bond acceptors (Lipinski definition) is 4. The summed E-state index contributed by atoms with van der Waals surface area (Å²) < 4.78 is 44.2. The molecule has 1 fully saturated rings. The van der Waals surface area contributed by atoms with Crippen molar-refractivity contribution < 1.29 is 22.3 Å². The van der Waals surface area contributed by atoms with Crippen molar-refractivity contribution >= 4 is 27.3 Å². The molecule has 0 aromatic heterocycles. The normalized spacial score (nSPS) is 18.8. The van der Waals surface area contributed by atoms with Gasteiger partial charge in [0.25, 0.3) is 5.91 Å². The Kier molecular flexibility index (Phi) is 6.72. The molecule has 162 valence electrons. The molecule has 0 saturated carbocycles. The molecular formula is C22H25ClFNO4S. The highest BCUT2D eigenvalue weighted by Crippen LogP contribution is 2.27. The van der Waals surface area contributed by atoms with Crippen LogP contribution in [0.3, 0.4) is 0 Å². The first-order valence-electron chi connectivity index (χ1n) is 9.75. The lowest BCUT2D eigenvalue weighted by molar-refractivity contribution is -0.140. The van der Waals surface area contributed by atoms with Crippen LogP contribution in [-0.4, -0.2) is 42.9 Å². The number of benzene rings is 2. The van der Waals surface area contributed by atoms with E-state index in [1.54, 1.807) is 19.1 Å². The Bertz CT molecular complexity index is 1040. The van der Waals surface area contributed by atoms with Gasteiger partial charge in [0.15, 0.2) is 15.9 Å². The molecule has 1 heterocycles. The lowest BCUT2D eigenvalue weighted by Crippen LogP contribution is -2.46. The van der Waals surface area contributed by atoms with Crippen molar-refractivity contribution in [2.45, 2.75) is 45.9 Å². The molecule has 1 aliphatic rings. The topological polar surface area (TPSA) is 63.7 Å². The van der Waals surface area contributed by atoms with Crippen LogP contribution in [0.4, 0.5) is 4.39 Å². The number of amides is 1. The van der Waals surface area contributed by atoms with Crippen LogP contribution in [0.25, 0.3) is 0 Å². The highest BCUT2D eigenvalue weighted by Gasteiger charge is 2.37. The summed E-state index contributed by atoms with van der Waals surface area (Å²) in [6, 6.07) is 9.28. The van der Waals surface area contributed by atoms with Gasteiger partial charge in [0, 0.05) is 16.6 Å². The van der Waals surface area contributed by atoms with Gasteiger partial charge in [-0.15, -0.1) is 0 Å². The first-order chi connectivity index (χ1) is 14.1. The SMILES string of the molecule is Cc1ccc(OC(C)C(=O)N(Cc2c(F)cccc2Cl)C2CCS(=O)(=O)C2)cc1C. The second kappa shape index (κ2) is 8.94. The predicted molar refractivity (Wildman–Crippen MR) is 115 cm³/mol. The van der Waals surface area contributed by atoms with Crippen molar-refractivity contribution in [1.82, 2.24) is 4.90 Å². The minimum atomic E-state index is -3.24. The summed E-state index contributed by atoms with van der Waals surface area (Å²) in [5.74, 6) is -0.555. The van der Waals surface area contributed by atoms with Gasteiger partial charge < -0.3 is 9.64 Å². The number of halogens is 2. The summed E-state index contributed by atoms with van der Waals surface area (Å²) in [6.07, 6.45) is -0.572. The van der Waals surface area contributed by atoms with Gasteiger partial charge in [0.2, 0.25) is 0 Å². The van der Waals surface area contributed by atoms with Crippen LogP contribution < -0.4 is 4.74 Å². The Hall–Kier alpha value is -2.12. The highest BCUT2D eigenvalue weighted by atomic mass is 35.5. The van der Waals surface area contributed by atoms with E-state index in [-0.39, 0.29) is 28.6 Å². The van der Waals surface area contributed by atoms with Crippen LogP contribution in [0, 0.1) is 19.7 Å². The maximum Gasteiger partial charge on any atom is 0.263 e. The number of sulfone groups is 1. The zero-order valence-corrected chi connectivity index (χ0v) is 18.8. The predicted octanol–water partition coefficient (Wildman–Crippen LogP) is 4.08. The number of carbonyl (C=O) groups is 1. The smallest absolute Gasteiger partial charge is 0.263 e. The third-order valence-electron chi connectivity index (χ3n) is 5.46. The van der Waals surface area contributed by atoms with Crippen LogP contribution in [0.5, 0.6) is 5.75 Å². The van der Waals surface area contributed by atoms with Crippen molar-refractivity contribution in [1.29, 1.82) is 0 Å². The van der Waals surface area contributed by atoms with E-state index >= 15 is 0 Å². The summed E-state index contributed by atoms with van der Waals surface area (Å²) in [4.78, 5) is 14.7. The summed E-state index contributed by atoms with van der Waals surface area (Å²) in [6.45, 7) is 5.42. The van der Waals surface area contributed by atoms with Gasteiger partial charge in [-0.2, -0.15) is 0 Å². The molecule has 5 nitrogen and oxygen atoms in total. The van der Waals surface area contributed by atoms with Crippen molar-refractivity contribution in [3.05, 3.63) is 63.9 Å². The molecule has 2 aromatic rings. The zero-order chi connectivity index (χ0) is 22.1. The molecule has 8 heteroatoms. The second-order valence-electron chi connectivity index (χ2n) is 7.73. The van der Waals surface area contributed by atoms with Gasteiger partial charge in [0.1, 0.15) is 11.6 Å². The lowest BCUT2D eigenvalue weighted by Gasteiger charge is -2.31.